The third-order valence-corrected chi connectivity index (χ3v) is 3.70. The predicted octanol–water partition coefficient (Wildman–Crippen LogP) is 1.54. The van der Waals surface area contributed by atoms with Crippen LogP contribution < -0.4 is 0 Å². The van der Waals surface area contributed by atoms with Crippen LogP contribution in [-0.2, 0) is 18.3 Å². The number of hydrogen-bond donors (Lipinski definition) is 0. The first-order chi connectivity index (χ1) is 8.19. The third-order valence-electron chi connectivity index (χ3n) is 3.70. The van der Waals surface area contributed by atoms with Crippen LogP contribution in [0.15, 0.2) is 0 Å². The molecule has 0 bridgehead atoms. The Bertz CT molecular complexity index is 388. The maximum Gasteiger partial charge on any atom is 0.182 e. The highest BCUT2D eigenvalue weighted by atomic mass is 16.1. The lowest BCUT2D eigenvalue weighted by Gasteiger charge is -2.27. The molecule has 0 amide bonds. The van der Waals surface area contributed by atoms with E-state index in [-0.39, 0.29) is 11.7 Å². The summed E-state index contributed by atoms with van der Waals surface area (Å²) < 4.78 is 0. The van der Waals surface area contributed by atoms with Gasteiger partial charge in [0.25, 0.3) is 0 Å². The summed E-state index contributed by atoms with van der Waals surface area (Å²) in [6, 6.07) is 0. The number of rotatable bonds is 4. The second-order valence-electron chi connectivity index (χ2n) is 4.98. The smallest absolute Gasteiger partial charge is 0.182 e. The van der Waals surface area contributed by atoms with Crippen molar-refractivity contribution in [2.45, 2.75) is 45.4 Å². The first kappa shape index (κ1) is 12.2. The van der Waals surface area contributed by atoms with Crippen LogP contribution in [0.5, 0.6) is 0 Å². The SMILES string of the molecule is CCC1CCCC(C(=O)Cc2nnn(C)n2)C1. The first-order valence-corrected chi connectivity index (χ1v) is 6.44. The van der Waals surface area contributed by atoms with Crippen molar-refractivity contribution in [1.29, 1.82) is 0 Å². The van der Waals surface area contributed by atoms with Crippen LogP contribution in [-0.4, -0.2) is 26.0 Å². The number of tetrazole rings is 1. The lowest BCUT2D eigenvalue weighted by Crippen LogP contribution is -2.24. The minimum atomic E-state index is 0.220. The maximum absolute atomic E-state index is 12.1. The summed E-state index contributed by atoms with van der Waals surface area (Å²) in [4.78, 5) is 13.5. The summed E-state index contributed by atoms with van der Waals surface area (Å²) in [6.45, 7) is 2.21. The van der Waals surface area contributed by atoms with E-state index < -0.39 is 0 Å². The van der Waals surface area contributed by atoms with E-state index in [2.05, 4.69) is 22.3 Å². The largest absolute Gasteiger partial charge is 0.299 e. The van der Waals surface area contributed by atoms with Crippen LogP contribution >= 0.6 is 0 Å². The van der Waals surface area contributed by atoms with Crippen molar-refractivity contribution in [3.05, 3.63) is 5.82 Å². The van der Waals surface area contributed by atoms with Crippen LogP contribution in [0.3, 0.4) is 0 Å². The molecule has 2 atom stereocenters. The molecule has 1 aliphatic carbocycles. The summed E-state index contributed by atoms with van der Waals surface area (Å²) in [5.41, 5.74) is 0. The van der Waals surface area contributed by atoms with Gasteiger partial charge < -0.3 is 0 Å². The molecule has 1 heterocycles. The van der Waals surface area contributed by atoms with Crippen LogP contribution in [0.1, 0.15) is 44.9 Å². The fraction of sp³-hybridized carbons (Fsp3) is 0.833. The molecule has 0 N–H and O–H groups in total. The minimum Gasteiger partial charge on any atom is -0.299 e. The zero-order valence-corrected chi connectivity index (χ0v) is 10.6. The molecular formula is C12H20N4O. The number of ketones is 1. The molecule has 1 aromatic heterocycles. The molecule has 0 saturated heterocycles. The first-order valence-electron chi connectivity index (χ1n) is 6.44. The number of carbonyl (C=O) groups excluding carboxylic acids is 1. The molecule has 2 unspecified atom stereocenters. The summed E-state index contributed by atoms with van der Waals surface area (Å²) in [5.74, 6) is 1.79. The van der Waals surface area contributed by atoms with Crippen molar-refractivity contribution >= 4 is 5.78 Å². The van der Waals surface area contributed by atoms with Crippen LogP contribution in [0, 0.1) is 11.8 Å². The Hall–Kier alpha value is -1.26. The van der Waals surface area contributed by atoms with Crippen LogP contribution in [0.4, 0.5) is 0 Å². The minimum absolute atomic E-state index is 0.220. The van der Waals surface area contributed by atoms with Crippen molar-refractivity contribution < 1.29 is 4.79 Å². The lowest BCUT2D eigenvalue weighted by molar-refractivity contribution is -0.123. The zero-order valence-electron chi connectivity index (χ0n) is 10.6. The van der Waals surface area contributed by atoms with E-state index in [0.717, 1.165) is 18.8 Å². The highest BCUT2D eigenvalue weighted by Crippen LogP contribution is 2.31. The van der Waals surface area contributed by atoms with Gasteiger partial charge in [-0.25, -0.2) is 0 Å². The monoisotopic (exact) mass is 236 g/mol. The number of nitrogens with zero attached hydrogens (tertiary/aromatic N) is 4. The molecule has 0 aliphatic heterocycles. The van der Waals surface area contributed by atoms with Gasteiger partial charge in [0.05, 0.1) is 13.5 Å². The van der Waals surface area contributed by atoms with Crippen LogP contribution in [0.2, 0.25) is 0 Å². The molecule has 5 nitrogen and oxygen atoms in total. The van der Waals surface area contributed by atoms with E-state index in [9.17, 15) is 4.79 Å². The summed E-state index contributed by atoms with van der Waals surface area (Å²) >= 11 is 0. The Balaban J connectivity index is 1.91. The van der Waals surface area contributed by atoms with Crippen molar-refractivity contribution in [3.8, 4) is 0 Å². The van der Waals surface area contributed by atoms with E-state index in [1.165, 1.54) is 24.1 Å². The molecule has 0 radical (unpaired) electrons. The topological polar surface area (TPSA) is 60.7 Å². The van der Waals surface area contributed by atoms with Crippen molar-refractivity contribution in [2.75, 3.05) is 0 Å². The number of aryl methyl sites for hydroxylation is 1. The second-order valence-corrected chi connectivity index (χ2v) is 4.98. The van der Waals surface area contributed by atoms with E-state index in [1.807, 2.05) is 0 Å². The van der Waals surface area contributed by atoms with E-state index in [4.69, 9.17) is 0 Å². The molecule has 1 aliphatic rings. The number of carbonyl (C=O) groups is 1. The van der Waals surface area contributed by atoms with Gasteiger partial charge in [-0.2, -0.15) is 4.80 Å². The summed E-state index contributed by atoms with van der Waals surface area (Å²) in [6.07, 6.45) is 6.08. The van der Waals surface area contributed by atoms with Crippen molar-refractivity contribution in [1.82, 2.24) is 20.2 Å². The van der Waals surface area contributed by atoms with E-state index in [0.29, 0.717) is 12.2 Å². The molecule has 1 fully saturated rings. The van der Waals surface area contributed by atoms with Gasteiger partial charge in [0.1, 0.15) is 5.78 Å². The molecule has 1 aromatic rings. The average Bonchev–Trinajstić information content (AvgIpc) is 2.75. The Labute approximate surface area is 102 Å². The lowest BCUT2D eigenvalue weighted by atomic mass is 9.78. The second kappa shape index (κ2) is 5.38. The molecular weight excluding hydrogens is 216 g/mol. The highest BCUT2D eigenvalue weighted by molar-refractivity contribution is 5.82. The molecule has 94 valence electrons. The molecule has 2 rings (SSSR count). The quantitative estimate of drug-likeness (QED) is 0.795. The summed E-state index contributed by atoms with van der Waals surface area (Å²) in [7, 11) is 1.72. The van der Waals surface area contributed by atoms with Crippen molar-refractivity contribution in [3.63, 3.8) is 0 Å². The normalized spacial score (nSPS) is 24.8. The van der Waals surface area contributed by atoms with Gasteiger partial charge in [-0.3, -0.25) is 4.79 Å². The van der Waals surface area contributed by atoms with Gasteiger partial charge in [0, 0.05) is 5.92 Å². The molecule has 1 saturated carbocycles. The average molecular weight is 236 g/mol. The van der Waals surface area contributed by atoms with Gasteiger partial charge in [-0.05, 0) is 24.0 Å². The van der Waals surface area contributed by atoms with E-state index >= 15 is 0 Å². The van der Waals surface area contributed by atoms with Gasteiger partial charge in [0.15, 0.2) is 5.82 Å². The van der Waals surface area contributed by atoms with Gasteiger partial charge in [-0.1, -0.05) is 26.2 Å². The summed E-state index contributed by atoms with van der Waals surface area (Å²) in [5, 5.41) is 11.7. The highest BCUT2D eigenvalue weighted by Gasteiger charge is 2.26. The Kier molecular flexibility index (Phi) is 3.86. The molecule has 5 heteroatoms. The predicted molar refractivity (Wildman–Crippen MR) is 63.2 cm³/mol. The molecule has 0 aromatic carbocycles. The Morgan fingerprint density at radius 1 is 1.47 bits per heavy atom. The molecule has 0 spiro atoms. The van der Waals surface area contributed by atoms with Crippen LogP contribution in [0.25, 0.3) is 0 Å². The maximum atomic E-state index is 12.1. The van der Waals surface area contributed by atoms with E-state index in [1.54, 1.807) is 7.05 Å². The molecule has 17 heavy (non-hydrogen) atoms. The van der Waals surface area contributed by atoms with Gasteiger partial charge in [0.2, 0.25) is 0 Å². The number of aromatic nitrogens is 4. The third kappa shape index (κ3) is 3.11. The fourth-order valence-electron chi connectivity index (χ4n) is 2.65. The fourth-order valence-corrected chi connectivity index (χ4v) is 2.65. The zero-order chi connectivity index (χ0) is 12.3. The standard InChI is InChI=1S/C12H20N4O/c1-3-9-5-4-6-10(7-9)11(17)8-12-13-15-16(2)14-12/h9-10H,3-8H2,1-2H3. The Morgan fingerprint density at radius 3 is 2.94 bits per heavy atom. The number of Topliss-reactive ketones (excluding diaryl/α,β-unsaturated/α-hetero) is 1. The van der Waals surface area contributed by atoms with Gasteiger partial charge >= 0.3 is 0 Å². The Morgan fingerprint density at radius 2 is 2.29 bits per heavy atom. The van der Waals surface area contributed by atoms with Gasteiger partial charge in [-0.15, -0.1) is 10.2 Å². The number of hydrogen-bond acceptors (Lipinski definition) is 4. The van der Waals surface area contributed by atoms with Crippen molar-refractivity contribution in [2.24, 2.45) is 18.9 Å².